The molecule has 1 aliphatic rings. The van der Waals surface area contributed by atoms with E-state index in [9.17, 15) is 9.18 Å². The molecule has 1 fully saturated rings. The van der Waals surface area contributed by atoms with Gasteiger partial charge in [0.25, 0.3) is 0 Å². The molecule has 158 valence electrons. The third-order valence-corrected chi connectivity index (χ3v) is 5.30. The van der Waals surface area contributed by atoms with Crippen molar-refractivity contribution in [1.29, 1.82) is 0 Å². The van der Waals surface area contributed by atoms with Gasteiger partial charge in [0.15, 0.2) is 0 Å². The van der Waals surface area contributed by atoms with Gasteiger partial charge in [0, 0.05) is 50.0 Å². The van der Waals surface area contributed by atoms with E-state index in [2.05, 4.69) is 39.9 Å². The molecular weight excluding hydrogens is 381 g/mol. The van der Waals surface area contributed by atoms with Gasteiger partial charge in [-0.2, -0.15) is 0 Å². The number of aromatic nitrogens is 1. The second-order valence-corrected chi connectivity index (χ2v) is 8.74. The minimum Gasteiger partial charge on any atom is -0.444 e. The van der Waals surface area contributed by atoms with Crippen molar-refractivity contribution in [3.63, 3.8) is 0 Å². The zero-order valence-electron chi connectivity index (χ0n) is 17.8. The molecule has 4 rings (SSSR count). The standard InChI is InChI=1S/C24H28FN3O2/c1-24(2,3)30-23(29)27-14-12-26(13-15-27)21-8-5-9-22-20(21)10-11-28(22)17-18-6-4-7-19(25)16-18/h4-11,16H,12-15,17H2,1-3H3. The number of amides is 1. The molecular formula is C24H28FN3O2. The van der Waals surface area contributed by atoms with E-state index in [1.54, 1.807) is 17.0 Å². The van der Waals surface area contributed by atoms with Gasteiger partial charge in [-0.05, 0) is 56.7 Å². The van der Waals surface area contributed by atoms with Crippen LogP contribution in [-0.4, -0.2) is 47.3 Å². The highest BCUT2D eigenvalue weighted by molar-refractivity contribution is 5.93. The summed E-state index contributed by atoms with van der Waals surface area (Å²) >= 11 is 0. The average Bonchev–Trinajstić information content (AvgIpc) is 3.10. The Bertz CT molecular complexity index is 1050. The van der Waals surface area contributed by atoms with Gasteiger partial charge in [-0.3, -0.25) is 0 Å². The van der Waals surface area contributed by atoms with E-state index in [4.69, 9.17) is 4.74 Å². The summed E-state index contributed by atoms with van der Waals surface area (Å²) in [6.07, 6.45) is 1.80. The van der Waals surface area contributed by atoms with Gasteiger partial charge in [-0.15, -0.1) is 0 Å². The average molecular weight is 410 g/mol. The van der Waals surface area contributed by atoms with E-state index >= 15 is 0 Å². The third-order valence-electron chi connectivity index (χ3n) is 5.30. The van der Waals surface area contributed by atoms with Crippen LogP contribution in [0.15, 0.2) is 54.7 Å². The number of halogens is 1. The maximum absolute atomic E-state index is 13.5. The quantitative estimate of drug-likeness (QED) is 0.618. The summed E-state index contributed by atoms with van der Waals surface area (Å²) in [4.78, 5) is 16.4. The number of ether oxygens (including phenoxy) is 1. The van der Waals surface area contributed by atoms with E-state index < -0.39 is 5.60 Å². The number of nitrogens with zero attached hydrogens (tertiary/aromatic N) is 3. The molecule has 30 heavy (non-hydrogen) atoms. The fourth-order valence-electron chi connectivity index (χ4n) is 3.91. The van der Waals surface area contributed by atoms with Gasteiger partial charge in [-0.1, -0.05) is 18.2 Å². The summed E-state index contributed by atoms with van der Waals surface area (Å²) in [5.74, 6) is -0.215. The highest BCUT2D eigenvalue weighted by Crippen LogP contribution is 2.29. The Kier molecular flexibility index (Phi) is 5.41. The van der Waals surface area contributed by atoms with Gasteiger partial charge in [0.05, 0.1) is 5.52 Å². The zero-order valence-corrected chi connectivity index (χ0v) is 17.8. The lowest BCUT2D eigenvalue weighted by atomic mass is 10.1. The number of hydrogen-bond donors (Lipinski definition) is 0. The normalized spacial score (nSPS) is 14.9. The van der Waals surface area contributed by atoms with E-state index in [-0.39, 0.29) is 11.9 Å². The third kappa shape index (κ3) is 4.42. The Morgan fingerprint density at radius 3 is 2.47 bits per heavy atom. The van der Waals surface area contributed by atoms with Crippen LogP contribution in [0.5, 0.6) is 0 Å². The molecule has 0 unspecified atom stereocenters. The van der Waals surface area contributed by atoms with E-state index in [1.807, 2.05) is 26.8 Å². The molecule has 2 heterocycles. The first kappa shape index (κ1) is 20.3. The van der Waals surface area contributed by atoms with Gasteiger partial charge in [0.1, 0.15) is 11.4 Å². The monoisotopic (exact) mass is 409 g/mol. The smallest absolute Gasteiger partial charge is 0.410 e. The van der Waals surface area contributed by atoms with Crippen molar-refractivity contribution in [1.82, 2.24) is 9.47 Å². The molecule has 0 N–H and O–H groups in total. The zero-order chi connectivity index (χ0) is 21.3. The van der Waals surface area contributed by atoms with Crippen LogP contribution in [0.25, 0.3) is 10.9 Å². The maximum Gasteiger partial charge on any atom is 0.410 e. The minimum atomic E-state index is -0.482. The summed E-state index contributed by atoms with van der Waals surface area (Å²) in [6, 6.07) is 15.1. The lowest BCUT2D eigenvalue weighted by Gasteiger charge is -2.37. The van der Waals surface area contributed by atoms with Crippen molar-refractivity contribution in [3.05, 3.63) is 66.1 Å². The second kappa shape index (κ2) is 8.01. The van der Waals surface area contributed by atoms with Gasteiger partial charge in [0.2, 0.25) is 0 Å². The van der Waals surface area contributed by atoms with Crippen LogP contribution >= 0.6 is 0 Å². The number of hydrogen-bond acceptors (Lipinski definition) is 3. The predicted octanol–water partition coefficient (Wildman–Crippen LogP) is 4.89. The van der Waals surface area contributed by atoms with E-state index in [1.165, 1.54) is 11.5 Å². The van der Waals surface area contributed by atoms with Crippen LogP contribution < -0.4 is 4.90 Å². The number of benzene rings is 2. The molecule has 6 heteroatoms. The lowest BCUT2D eigenvalue weighted by Crippen LogP contribution is -2.50. The Morgan fingerprint density at radius 2 is 1.77 bits per heavy atom. The minimum absolute atomic E-state index is 0.215. The molecule has 3 aromatic rings. The van der Waals surface area contributed by atoms with Crippen molar-refractivity contribution in [2.45, 2.75) is 32.9 Å². The molecule has 5 nitrogen and oxygen atoms in total. The van der Waals surface area contributed by atoms with Crippen molar-refractivity contribution < 1.29 is 13.9 Å². The summed E-state index contributed by atoms with van der Waals surface area (Å²) < 4.78 is 21.2. The molecule has 0 bridgehead atoms. The van der Waals surface area contributed by atoms with E-state index in [0.717, 1.165) is 29.9 Å². The SMILES string of the molecule is CC(C)(C)OC(=O)N1CCN(c2cccc3c2ccn3Cc2cccc(F)c2)CC1. The van der Waals surface area contributed by atoms with E-state index in [0.29, 0.717) is 19.6 Å². The van der Waals surface area contributed by atoms with Crippen molar-refractivity contribution in [3.8, 4) is 0 Å². The molecule has 0 saturated carbocycles. The number of rotatable bonds is 3. The first-order valence-electron chi connectivity index (χ1n) is 10.4. The van der Waals surface area contributed by atoms with Gasteiger partial charge < -0.3 is 19.1 Å². The fourth-order valence-corrected chi connectivity index (χ4v) is 3.91. The van der Waals surface area contributed by atoms with Crippen LogP contribution in [0.3, 0.4) is 0 Å². The van der Waals surface area contributed by atoms with Gasteiger partial charge >= 0.3 is 6.09 Å². The van der Waals surface area contributed by atoms with Crippen LogP contribution in [0, 0.1) is 5.82 Å². The first-order valence-corrected chi connectivity index (χ1v) is 10.4. The largest absolute Gasteiger partial charge is 0.444 e. The lowest BCUT2D eigenvalue weighted by molar-refractivity contribution is 0.0240. The van der Waals surface area contributed by atoms with Crippen molar-refractivity contribution in [2.75, 3.05) is 31.1 Å². The van der Waals surface area contributed by atoms with Crippen molar-refractivity contribution >= 4 is 22.7 Å². The molecule has 0 spiro atoms. The van der Waals surface area contributed by atoms with Crippen LogP contribution in [0.1, 0.15) is 26.3 Å². The second-order valence-electron chi connectivity index (χ2n) is 8.74. The number of carbonyl (C=O) groups excluding carboxylic acids is 1. The van der Waals surface area contributed by atoms with Crippen LogP contribution in [0.4, 0.5) is 14.9 Å². The molecule has 2 aromatic carbocycles. The molecule has 0 radical (unpaired) electrons. The molecule has 1 amide bonds. The number of fused-ring (bicyclic) bond motifs is 1. The van der Waals surface area contributed by atoms with Crippen LogP contribution in [0.2, 0.25) is 0 Å². The highest BCUT2D eigenvalue weighted by Gasteiger charge is 2.26. The Balaban J connectivity index is 1.49. The molecule has 0 atom stereocenters. The summed E-state index contributed by atoms with van der Waals surface area (Å²) in [7, 11) is 0. The Labute approximate surface area is 176 Å². The van der Waals surface area contributed by atoms with Crippen LogP contribution in [-0.2, 0) is 11.3 Å². The van der Waals surface area contributed by atoms with Crippen molar-refractivity contribution in [2.24, 2.45) is 0 Å². The van der Waals surface area contributed by atoms with Gasteiger partial charge in [-0.25, -0.2) is 9.18 Å². The topological polar surface area (TPSA) is 37.7 Å². The molecule has 1 saturated heterocycles. The summed E-state index contributed by atoms with van der Waals surface area (Å²) in [6.45, 7) is 9.06. The molecule has 1 aromatic heterocycles. The highest BCUT2D eigenvalue weighted by atomic mass is 19.1. The summed E-state index contributed by atoms with van der Waals surface area (Å²) in [5, 5.41) is 1.17. The molecule has 1 aliphatic heterocycles. The number of carbonyl (C=O) groups is 1. The Morgan fingerprint density at radius 1 is 1.03 bits per heavy atom. The fraction of sp³-hybridized carbons (Fsp3) is 0.375. The first-order chi connectivity index (χ1) is 14.3. The predicted molar refractivity (Wildman–Crippen MR) is 117 cm³/mol. The molecule has 0 aliphatic carbocycles. The number of anilines is 1. The Hall–Kier alpha value is -3.02. The summed E-state index contributed by atoms with van der Waals surface area (Å²) in [5.41, 5.74) is 2.73. The number of piperazine rings is 1. The maximum atomic E-state index is 13.5.